The van der Waals surface area contributed by atoms with Gasteiger partial charge in [0.15, 0.2) is 0 Å². The molecule has 0 aromatic heterocycles. The lowest BCUT2D eigenvalue weighted by atomic mass is 10.1. The van der Waals surface area contributed by atoms with Gasteiger partial charge in [0.25, 0.3) is 0 Å². The van der Waals surface area contributed by atoms with Crippen LogP contribution in [0.2, 0.25) is 0 Å². The molecule has 1 saturated heterocycles. The molecule has 1 N–H and O–H groups in total. The molecule has 3 amide bonds. The van der Waals surface area contributed by atoms with Gasteiger partial charge in [0.1, 0.15) is 0 Å². The fourth-order valence-electron chi connectivity index (χ4n) is 2.17. The number of hydrogen-bond acceptors (Lipinski definition) is 4. The number of hydrogen-bond donors (Lipinski definition) is 1. The summed E-state index contributed by atoms with van der Waals surface area (Å²) in [7, 11) is 0. The first-order chi connectivity index (χ1) is 10.0. The molecule has 0 aromatic rings. The summed E-state index contributed by atoms with van der Waals surface area (Å²) in [4.78, 5) is 35.7. The van der Waals surface area contributed by atoms with Gasteiger partial charge < -0.3 is 0 Å². The van der Waals surface area contributed by atoms with Crippen LogP contribution in [0.15, 0.2) is 5.10 Å². The number of carbonyl (C=O) groups excluding carboxylic acids is 3. The quantitative estimate of drug-likeness (QED) is 0.306. The van der Waals surface area contributed by atoms with Gasteiger partial charge in [-0.2, -0.15) is 5.10 Å². The largest absolute Gasteiger partial charge is 0.277 e. The van der Waals surface area contributed by atoms with Crippen LogP contribution in [0.5, 0.6) is 0 Å². The van der Waals surface area contributed by atoms with Crippen LogP contribution >= 0.6 is 0 Å². The molecule has 0 aliphatic carbocycles. The molecule has 0 unspecified atom stereocenters. The first kappa shape index (κ1) is 17.3. The molecule has 1 aliphatic heterocycles. The Hall–Kier alpha value is -1.72. The third-order valence-electron chi connectivity index (χ3n) is 3.42. The Morgan fingerprint density at radius 2 is 1.76 bits per heavy atom. The van der Waals surface area contributed by atoms with E-state index in [1.54, 1.807) is 6.92 Å². The summed E-state index contributed by atoms with van der Waals surface area (Å²) in [6.07, 6.45) is 6.48. The summed E-state index contributed by atoms with van der Waals surface area (Å²) in [6, 6.07) is 0. The highest BCUT2D eigenvalue weighted by molar-refractivity contribution is 6.05. The molecule has 0 aromatic carbocycles. The molecule has 1 fully saturated rings. The molecule has 1 rings (SSSR count). The molecular weight excluding hydrogens is 270 g/mol. The Morgan fingerprint density at radius 3 is 2.38 bits per heavy atom. The van der Waals surface area contributed by atoms with E-state index in [1.807, 2.05) is 0 Å². The molecule has 1 aliphatic rings. The molecule has 1 heterocycles. The van der Waals surface area contributed by atoms with Crippen molar-refractivity contribution in [3.63, 3.8) is 0 Å². The summed E-state index contributed by atoms with van der Waals surface area (Å²) in [6.45, 7) is 4.01. The second-order valence-electron chi connectivity index (χ2n) is 5.42. The van der Waals surface area contributed by atoms with Crippen molar-refractivity contribution in [2.24, 2.45) is 5.10 Å². The normalized spacial score (nSPS) is 15.7. The highest BCUT2D eigenvalue weighted by Gasteiger charge is 2.28. The van der Waals surface area contributed by atoms with Gasteiger partial charge in [-0.3, -0.25) is 19.3 Å². The van der Waals surface area contributed by atoms with E-state index in [0.717, 1.165) is 19.3 Å². The lowest BCUT2D eigenvalue weighted by Gasteiger charge is -2.13. The maximum atomic E-state index is 11.6. The number of likely N-dealkylation sites (tertiary alicyclic amines) is 1. The van der Waals surface area contributed by atoms with Gasteiger partial charge >= 0.3 is 0 Å². The molecule has 0 spiro atoms. The van der Waals surface area contributed by atoms with Crippen LogP contribution in [-0.2, 0) is 14.4 Å². The zero-order valence-corrected chi connectivity index (χ0v) is 13.0. The summed E-state index contributed by atoms with van der Waals surface area (Å²) >= 11 is 0. The van der Waals surface area contributed by atoms with Crippen LogP contribution in [0.4, 0.5) is 0 Å². The van der Waals surface area contributed by atoms with Gasteiger partial charge in [-0.1, -0.05) is 32.6 Å². The fraction of sp³-hybridized carbons (Fsp3) is 0.733. The number of rotatable bonds is 9. The average Bonchev–Trinajstić information content (AvgIpc) is 2.77. The van der Waals surface area contributed by atoms with Crippen molar-refractivity contribution >= 4 is 23.4 Å². The van der Waals surface area contributed by atoms with Crippen molar-refractivity contribution in [1.29, 1.82) is 0 Å². The van der Waals surface area contributed by atoms with Gasteiger partial charge in [-0.15, -0.1) is 0 Å². The van der Waals surface area contributed by atoms with E-state index in [1.165, 1.54) is 17.7 Å². The van der Waals surface area contributed by atoms with Gasteiger partial charge in [-0.05, 0) is 13.3 Å². The minimum Gasteiger partial charge on any atom is -0.277 e. The van der Waals surface area contributed by atoms with E-state index >= 15 is 0 Å². The molecular formula is C15H25N3O3. The monoisotopic (exact) mass is 295 g/mol. The highest BCUT2D eigenvalue weighted by atomic mass is 16.2. The van der Waals surface area contributed by atoms with Gasteiger partial charge in [-0.25, -0.2) is 5.43 Å². The van der Waals surface area contributed by atoms with Crippen molar-refractivity contribution in [3.8, 4) is 0 Å². The van der Waals surface area contributed by atoms with E-state index in [9.17, 15) is 14.4 Å². The Labute approximate surface area is 126 Å². The van der Waals surface area contributed by atoms with E-state index < -0.39 is 0 Å². The third-order valence-corrected chi connectivity index (χ3v) is 3.42. The SMILES string of the molecule is CCCCCCCC(=O)N/N=C(\C)CN1C(=O)CCC1=O. The second-order valence-corrected chi connectivity index (χ2v) is 5.42. The van der Waals surface area contributed by atoms with Crippen LogP contribution in [0, 0.1) is 0 Å². The number of unbranched alkanes of at least 4 members (excludes halogenated alkanes) is 4. The van der Waals surface area contributed by atoms with Gasteiger partial charge in [0, 0.05) is 19.3 Å². The predicted octanol–water partition coefficient (Wildman–Crippen LogP) is 1.99. The smallest absolute Gasteiger partial charge is 0.240 e. The summed E-state index contributed by atoms with van der Waals surface area (Å²) in [5.41, 5.74) is 3.03. The first-order valence-electron chi connectivity index (χ1n) is 7.69. The predicted molar refractivity (Wildman–Crippen MR) is 80.6 cm³/mol. The molecule has 0 radical (unpaired) electrons. The highest BCUT2D eigenvalue weighted by Crippen LogP contribution is 2.11. The van der Waals surface area contributed by atoms with Crippen LogP contribution in [-0.4, -0.2) is 34.9 Å². The minimum atomic E-state index is -0.170. The first-order valence-corrected chi connectivity index (χ1v) is 7.69. The minimum absolute atomic E-state index is 0.120. The summed E-state index contributed by atoms with van der Waals surface area (Å²) in [5, 5.41) is 3.94. The molecule has 6 nitrogen and oxygen atoms in total. The number of imide groups is 1. The van der Waals surface area contributed by atoms with Crippen molar-refractivity contribution in [3.05, 3.63) is 0 Å². The zero-order valence-electron chi connectivity index (χ0n) is 13.0. The van der Waals surface area contributed by atoms with Crippen LogP contribution in [0.25, 0.3) is 0 Å². The third kappa shape index (κ3) is 6.51. The Morgan fingerprint density at radius 1 is 1.14 bits per heavy atom. The van der Waals surface area contributed by atoms with E-state index in [2.05, 4.69) is 17.5 Å². The van der Waals surface area contributed by atoms with Crippen molar-refractivity contribution in [1.82, 2.24) is 10.3 Å². The summed E-state index contributed by atoms with van der Waals surface area (Å²) in [5.74, 6) is -0.460. The van der Waals surface area contributed by atoms with Crippen LogP contribution < -0.4 is 5.43 Å². The molecule has 0 bridgehead atoms. The number of carbonyl (C=O) groups is 3. The number of hydrazone groups is 1. The summed E-state index contributed by atoms with van der Waals surface area (Å²) < 4.78 is 0. The second kappa shape index (κ2) is 9.26. The van der Waals surface area contributed by atoms with E-state index in [-0.39, 0.29) is 37.1 Å². The maximum absolute atomic E-state index is 11.6. The number of amides is 3. The van der Waals surface area contributed by atoms with Gasteiger partial charge in [0.05, 0.1) is 12.3 Å². The molecule has 118 valence electrons. The Kier molecular flexibility index (Phi) is 7.64. The molecule has 21 heavy (non-hydrogen) atoms. The van der Waals surface area contributed by atoms with E-state index in [4.69, 9.17) is 0 Å². The average molecular weight is 295 g/mol. The Balaban J connectivity index is 2.23. The number of nitrogens with one attached hydrogen (secondary N) is 1. The zero-order chi connectivity index (χ0) is 15.7. The number of nitrogens with zero attached hydrogens (tertiary/aromatic N) is 2. The molecule has 0 atom stereocenters. The molecule has 6 heteroatoms. The molecule has 0 saturated carbocycles. The van der Waals surface area contributed by atoms with Crippen molar-refractivity contribution in [2.45, 2.75) is 65.2 Å². The fourth-order valence-corrected chi connectivity index (χ4v) is 2.17. The van der Waals surface area contributed by atoms with Crippen LogP contribution in [0.1, 0.15) is 65.2 Å². The van der Waals surface area contributed by atoms with Gasteiger partial charge in [0.2, 0.25) is 17.7 Å². The van der Waals surface area contributed by atoms with Crippen molar-refractivity contribution < 1.29 is 14.4 Å². The lowest BCUT2D eigenvalue weighted by Crippen LogP contribution is -2.34. The maximum Gasteiger partial charge on any atom is 0.240 e. The van der Waals surface area contributed by atoms with Crippen LogP contribution in [0.3, 0.4) is 0 Å². The van der Waals surface area contributed by atoms with Crippen molar-refractivity contribution in [2.75, 3.05) is 6.54 Å². The van der Waals surface area contributed by atoms with E-state index in [0.29, 0.717) is 12.1 Å². The topological polar surface area (TPSA) is 78.8 Å². The lowest BCUT2D eigenvalue weighted by molar-refractivity contribution is -0.137. The standard InChI is InChI=1S/C15H25N3O3/c1-3-4-5-6-7-8-13(19)17-16-12(2)11-18-14(20)9-10-15(18)21/h3-11H2,1-2H3,(H,17,19)/b16-12+. The Bertz CT molecular complexity index is 402.